The minimum absolute atomic E-state index is 0. The van der Waals surface area contributed by atoms with E-state index in [9.17, 15) is 9.59 Å². The molecular formula is C13H17ClN2O2S. The molecule has 4 nitrogen and oxygen atoms in total. The second kappa shape index (κ2) is 7.43. The van der Waals surface area contributed by atoms with E-state index < -0.39 is 0 Å². The summed E-state index contributed by atoms with van der Waals surface area (Å²) in [6.45, 7) is 3.94. The van der Waals surface area contributed by atoms with Gasteiger partial charge in [-0.1, -0.05) is 11.6 Å². The summed E-state index contributed by atoms with van der Waals surface area (Å²) in [6.07, 6.45) is 3.09. The molecule has 0 fully saturated rings. The average Bonchev–Trinajstić information content (AvgIpc) is 2.87. The zero-order valence-electron chi connectivity index (χ0n) is 10.7. The van der Waals surface area contributed by atoms with Crippen LogP contribution in [0.15, 0.2) is 23.1 Å². The van der Waals surface area contributed by atoms with Gasteiger partial charge in [0, 0.05) is 24.0 Å². The Kier molecular flexibility index (Phi) is 6.21. The number of hydrogen-bond acceptors (Lipinski definition) is 4. The lowest BCUT2D eigenvalue weighted by Gasteiger charge is -2.14. The largest absolute Gasteiger partial charge is 0.348 e. The number of carbonyl (C=O) groups is 2. The van der Waals surface area contributed by atoms with Crippen molar-refractivity contribution in [1.29, 1.82) is 0 Å². The van der Waals surface area contributed by atoms with Gasteiger partial charge in [0.2, 0.25) is 0 Å². The SMILES string of the molecule is CC(=O)c1csc(C(=O)NCC2=CCNCC2)c1.Cl. The van der Waals surface area contributed by atoms with Crippen molar-refractivity contribution in [2.75, 3.05) is 19.6 Å². The fourth-order valence-electron chi connectivity index (χ4n) is 1.75. The molecule has 19 heavy (non-hydrogen) atoms. The molecule has 0 atom stereocenters. The van der Waals surface area contributed by atoms with Crippen LogP contribution in [0.25, 0.3) is 0 Å². The first-order valence-electron chi connectivity index (χ1n) is 5.93. The number of thiophene rings is 1. The maximum absolute atomic E-state index is 11.9. The average molecular weight is 301 g/mol. The third kappa shape index (κ3) is 4.45. The van der Waals surface area contributed by atoms with Crippen molar-refractivity contribution in [3.63, 3.8) is 0 Å². The molecule has 1 aliphatic heterocycles. The summed E-state index contributed by atoms with van der Waals surface area (Å²) in [4.78, 5) is 23.6. The van der Waals surface area contributed by atoms with Gasteiger partial charge in [-0.05, 0) is 26.0 Å². The first kappa shape index (κ1) is 15.9. The van der Waals surface area contributed by atoms with Gasteiger partial charge in [-0.15, -0.1) is 23.7 Å². The summed E-state index contributed by atoms with van der Waals surface area (Å²) in [5.41, 5.74) is 1.86. The highest BCUT2D eigenvalue weighted by atomic mass is 35.5. The molecule has 1 aromatic heterocycles. The second-order valence-corrected chi connectivity index (χ2v) is 5.17. The fraction of sp³-hybridized carbons (Fsp3) is 0.385. The molecule has 6 heteroatoms. The molecule has 1 aliphatic rings. The van der Waals surface area contributed by atoms with E-state index in [0.717, 1.165) is 19.5 Å². The molecule has 1 amide bonds. The van der Waals surface area contributed by atoms with Crippen LogP contribution >= 0.6 is 23.7 Å². The molecule has 2 heterocycles. The first-order chi connectivity index (χ1) is 8.66. The Hall–Kier alpha value is -1.17. The maximum Gasteiger partial charge on any atom is 0.261 e. The number of Topliss-reactive ketones (excluding diaryl/α,β-unsaturated/α-hetero) is 1. The Bertz CT molecular complexity index is 497. The minimum atomic E-state index is -0.105. The van der Waals surface area contributed by atoms with E-state index >= 15 is 0 Å². The molecule has 0 saturated carbocycles. The van der Waals surface area contributed by atoms with Gasteiger partial charge >= 0.3 is 0 Å². The number of nitrogens with one attached hydrogen (secondary N) is 2. The van der Waals surface area contributed by atoms with Crippen molar-refractivity contribution in [3.8, 4) is 0 Å². The number of ketones is 1. The Morgan fingerprint density at radius 2 is 2.26 bits per heavy atom. The number of rotatable bonds is 4. The lowest BCUT2D eigenvalue weighted by Crippen LogP contribution is -2.29. The van der Waals surface area contributed by atoms with Gasteiger partial charge in [0.05, 0.1) is 4.88 Å². The highest BCUT2D eigenvalue weighted by molar-refractivity contribution is 7.12. The quantitative estimate of drug-likeness (QED) is 0.661. The number of hydrogen-bond donors (Lipinski definition) is 2. The van der Waals surface area contributed by atoms with E-state index in [2.05, 4.69) is 16.7 Å². The van der Waals surface area contributed by atoms with Crippen LogP contribution in [0.3, 0.4) is 0 Å². The van der Waals surface area contributed by atoms with Crippen molar-refractivity contribution in [3.05, 3.63) is 33.5 Å². The summed E-state index contributed by atoms with van der Waals surface area (Å²) >= 11 is 1.31. The molecule has 0 saturated heterocycles. The highest BCUT2D eigenvalue weighted by Crippen LogP contribution is 2.15. The van der Waals surface area contributed by atoms with E-state index in [1.807, 2.05) is 0 Å². The normalized spacial score (nSPS) is 14.3. The van der Waals surface area contributed by atoms with Crippen LogP contribution in [0.1, 0.15) is 33.4 Å². The van der Waals surface area contributed by atoms with Crippen LogP contribution in [0.4, 0.5) is 0 Å². The predicted octanol–water partition coefficient (Wildman–Crippen LogP) is 2.02. The molecule has 0 radical (unpaired) electrons. The van der Waals surface area contributed by atoms with Crippen molar-refractivity contribution in [2.24, 2.45) is 0 Å². The number of amides is 1. The third-order valence-corrected chi connectivity index (χ3v) is 3.79. The summed E-state index contributed by atoms with van der Waals surface area (Å²) in [5.74, 6) is -0.113. The van der Waals surface area contributed by atoms with Crippen molar-refractivity contribution < 1.29 is 9.59 Å². The molecule has 0 aromatic carbocycles. The summed E-state index contributed by atoms with van der Waals surface area (Å²) < 4.78 is 0. The summed E-state index contributed by atoms with van der Waals surface area (Å²) in [7, 11) is 0. The van der Waals surface area contributed by atoms with E-state index in [-0.39, 0.29) is 24.1 Å². The van der Waals surface area contributed by atoms with Gasteiger partial charge in [-0.3, -0.25) is 9.59 Å². The van der Waals surface area contributed by atoms with Crippen LogP contribution in [0.5, 0.6) is 0 Å². The van der Waals surface area contributed by atoms with Crippen LogP contribution in [-0.4, -0.2) is 31.3 Å². The topological polar surface area (TPSA) is 58.2 Å². The molecule has 2 rings (SSSR count). The summed E-state index contributed by atoms with van der Waals surface area (Å²) in [6, 6.07) is 1.65. The Balaban J connectivity index is 0.00000180. The molecule has 0 unspecified atom stereocenters. The Morgan fingerprint density at radius 1 is 1.47 bits per heavy atom. The Morgan fingerprint density at radius 3 is 2.84 bits per heavy atom. The monoisotopic (exact) mass is 300 g/mol. The molecule has 1 aromatic rings. The first-order valence-corrected chi connectivity index (χ1v) is 6.81. The van der Waals surface area contributed by atoms with Crippen molar-refractivity contribution >= 4 is 35.4 Å². The molecule has 104 valence electrons. The van der Waals surface area contributed by atoms with Crippen LogP contribution < -0.4 is 10.6 Å². The second-order valence-electron chi connectivity index (χ2n) is 4.25. The zero-order chi connectivity index (χ0) is 13.0. The number of halogens is 1. The smallest absolute Gasteiger partial charge is 0.261 e. The number of carbonyl (C=O) groups excluding carboxylic acids is 2. The molecule has 0 spiro atoms. The van der Waals surface area contributed by atoms with Crippen molar-refractivity contribution in [1.82, 2.24) is 10.6 Å². The minimum Gasteiger partial charge on any atom is -0.348 e. The van der Waals surface area contributed by atoms with Crippen LogP contribution in [0.2, 0.25) is 0 Å². The van der Waals surface area contributed by atoms with E-state index in [0.29, 0.717) is 17.0 Å². The maximum atomic E-state index is 11.9. The third-order valence-electron chi connectivity index (χ3n) is 2.86. The van der Waals surface area contributed by atoms with Gasteiger partial charge in [0.1, 0.15) is 0 Å². The van der Waals surface area contributed by atoms with Gasteiger partial charge in [-0.2, -0.15) is 0 Å². The van der Waals surface area contributed by atoms with Crippen LogP contribution in [-0.2, 0) is 0 Å². The van der Waals surface area contributed by atoms with Gasteiger partial charge in [-0.25, -0.2) is 0 Å². The lowest BCUT2D eigenvalue weighted by atomic mass is 10.1. The fourth-order valence-corrected chi connectivity index (χ4v) is 2.61. The lowest BCUT2D eigenvalue weighted by molar-refractivity contribution is 0.0960. The van der Waals surface area contributed by atoms with Gasteiger partial charge in [0.15, 0.2) is 5.78 Å². The predicted molar refractivity (Wildman–Crippen MR) is 79.5 cm³/mol. The van der Waals surface area contributed by atoms with E-state index in [1.165, 1.54) is 23.8 Å². The van der Waals surface area contributed by atoms with E-state index in [1.54, 1.807) is 11.4 Å². The van der Waals surface area contributed by atoms with Gasteiger partial charge in [0.25, 0.3) is 5.91 Å². The highest BCUT2D eigenvalue weighted by Gasteiger charge is 2.11. The molecular weight excluding hydrogens is 284 g/mol. The summed E-state index contributed by atoms with van der Waals surface area (Å²) in [5, 5.41) is 7.83. The molecule has 0 bridgehead atoms. The van der Waals surface area contributed by atoms with Crippen LogP contribution in [0, 0.1) is 0 Å². The zero-order valence-corrected chi connectivity index (χ0v) is 12.3. The van der Waals surface area contributed by atoms with Gasteiger partial charge < -0.3 is 10.6 Å². The molecule has 2 N–H and O–H groups in total. The standard InChI is InChI=1S/C13H16N2O2S.ClH/c1-9(16)11-6-12(18-8-11)13(17)15-7-10-2-4-14-5-3-10;/h2,6,8,14H,3-5,7H2,1H3,(H,15,17);1H. The Labute approximate surface area is 122 Å². The van der Waals surface area contributed by atoms with Crippen molar-refractivity contribution in [2.45, 2.75) is 13.3 Å². The van der Waals surface area contributed by atoms with E-state index in [4.69, 9.17) is 0 Å². The molecule has 0 aliphatic carbocycles.